The summed E-state index contributed by atoms with van der Waals surface area (Å²) in [6, 6.07) is 8.15. The maximum absolute atomic E-state index is 10.1. The van der Waals surface area contributed by atoms with E-state index in [9.17, 15) is 5.11 Å². The topological polar surface area (TPSA) is 44.7 Å². The minimum atomic E-state index is -0.493. The van der Waals surface area contributed by atoms with Crippen LogP contribution in [0.25, 0.3) is 0 Å². The SMILES string of the molecule is COc1cccc(C(O)CNCCCN(C)C(C)C)c1. The van der Waals surface area contributed by atoms with Crippen molar-refractivity contribution in [3.8, 4) is 5.75 Å². The molecule has 0 heterocycles. The van der Waals surface area contributed by atoms with Gasteiger partial charge in [0.2, 0.25) is 0 Å². The van der Waals surface area contributed by atoms with Gasteiger partial charge < -0.3 is 20.1 Å². The van der Waals surface area contributed by atoms with E-state index < -0.39 is 6.10 Å². The largest absolute Gasteiger partial charge is 0.497 e. The summed E-state index contributed by atoms with van der Waals surface area (Å²) in [6.07, 6.45) is 0.590. The number of aliphatic hydroxyl groups is 1. The van der Waals surface area contributed by atoms with Crippen molar-refractivity contribution in [3.05, 3.63) is 29.8 Å². The molecule has 1 aromatic carbocycles. The Morgan fingerprint density at radius 2 is 2.10 bits per heavy atom. The summed E-state index contributed by atoms with van der Waals surface area (Å²) < 4.78 is 5.16. The van der Waals surface area contributed by atoms with Crippen molar-refractivity contribution in [2.75, 3.05) is 33.8 Å². The molecule has 1 unspecified atom stereocenters. The van der Waals surface area contributed by atoms with E-state index in [1.807, 2.05) is 24.3 Å². The number of aliphatic hydroxyl groups excluding tert-OH is 1. The molecule has 0 spiro atoms. The molecule has 0 aliphatic carbocycles. The molecule has 1 aromatic rings. The van der Waals surface area contributed by atoms with E-state index in [1.165, 1.54) is 0 Å². The lowest BCUT2D eigenvalue weighted by Gasteiger charge is -2.21. The highest BCUT2D eigenvalue weighted by Crippen LogP contribution is 2.18. The predicted octanol–water partition coefficient (Wildman–Crippen LogP) is 2.05. The van der Waals surface area contributed by atoms with Crippen LogP contribution in [0.1, 0.15) is 31.9 Å². The van der Waals surface area contributed by atoms with Gasteiger partial charge in [-0.05, 0) is 58.1 Å². The highest BCUT2D eigenvalue weighted by Gasteiger charge is 2.08. The van der Waals surface area contributed by atoms with Gasteiger partial charge in [-0.15, -0.1) is 0 Å². The quantitative estimate of drug-likeness (QED) is 0.680. The van der Waals surface area contributed by atoms with Crippen molar-refractivity contribution < 1.29 is 9.84 Å². The molecule has 0 aromatic heterocycles. The van der Waals surface area contributed by atoms with Crippen LogP contribution in [-0.2, 0) is 0 Å². The van der Waals surface area contributed by atoms with E-state index in [0.29, 0.717) is 12.6 Å². The molecule has 4 nitrogen and oxygen atoms in total. The first-order valence-corrected chi connectivity index (χ1v) is 7.27. The van der Waals surface area contributed by atoms with Gasteiger partial charge in [-0.1, -0.05) is 12.1 Å². The molecule has 114 valence electrons. The van der Waals surface area contributed by atoms with Gasteiger partial charge in [-0.2, -0.15) is 0 Å². The zero-order chi connectivity index (χ0) is 15.0. The molecule has 4 heteroatoms. The number of ether oxygens (including phenoxy) is 1. The molecule has 1 rings (SSSR count). The standard InChI is InChI=1S/C16H28N2O2/c1-13(2)18(3)10-6-9-17-12-16(19)14-7-5-8-15(11-14)20-4/h5,7-8,11,13,16-17,19H,6,9-10,12H2,1-4H3. The van der Waals surface area contributed by atoms with E-state index >= 15 is 0 Å². The fourth-order valence-electron chi connectivity index (χ4n) is 1.92. The Labute approximate surface area is 122 Å². The Morgan fingerprint density at radius 3 is 2.75 bits per heavy atom. The number of rotatable bonds is 9. The Kier molecular flexibility index (Phi) is 7.59. The Balaban J connectivity index is 2.24. The van der Waals surface area contributed by atoms with Gasteiger partial charge in [0, 0.05) is 12.6 Å². The van der Waals surface area contributed by atoms with Crippen molar-refractivity contribution >= 4 is 0 Å². The van der Waals surface area contributed by atoms with Crippen molar-refractivity contribution in [2.24, 2.45) is 0 Å². The molecule has 1 atom stereocenters. The first-order chi connectivity index (χ1) is 9.54. The van der Waals surface area contributed by atoms with Crippen LogP contribution in [0.2, 0.25) is 0 Å². The minimum absolute atomic E-state index is 0.493. The third kappa shape index (κ3) is 5.90. The first kappa shape index (κ1) is 17.0. The molecule has 0 radical (unpaired) electrons. The fourth-order valence-corrected chi connectivity index (χ4v) is 1.92. The van der Waals surface area contributed by atoms with E-state index in [4.69, 9.17) is 4.74 Å². The highest BCUT2D eigenvalue weighted by molar-refractivity contribution is 5.29. The van der Waals surface area contributed by atoms with Crippen molar-refractivity contribution in [1.29, 1.82) is 0 Å². The zero-order valence-corrected chi connectivity index (χ0v) is 13.1. The summed E-state index contributed by atoms with van der Waals surface area (Å²) >= 11 is 0. The number of methoxy groups -OCH3 is 1. The molecule has 0 bridgehead atoms. The van der Waals surface area contributed by atoms with Gasteiger partial charge in [0.1, 0.15) is 5.75 Å². The second-order valence-electron chi connectivity index (χ2n) is 5.42. The summed E-state index contributed by atoms with van der Waals surface area (Å²) in [7, 11) is 3.77. The third-order valence-corrected chi connectivity index (χ3v) is 3.56. The normalized spacial score (nSPS) is 12.9. The molecule has 0 aliphatic rings. The van der Waals surface area contributed by atoms with Crippen LogP contribution in [-0.4, -0.2) is 49.8 Å². The van der Waals surface area contributed by atoms with Gasteiger partial charge in [0.15, 0.2) is 0 Å². The maximum atomic E-state index is 10.1. The fraction of sp³-hybridized carbons (Fsp3) is 0.625. The Bertz CT molecular complexity index is 382. The molecule has 20 heavy (non-hydrogen) atoms. The van der Waals surface area contributed by atoms with Crippen LogP contribution in [0, 0.1) is 0 Å². The molecule has 0 aliphatic heterocycles. The Morgan fingerprint density at radius 1 is 1.35 bits per heavy atom. The lowest BCUT2D eigenvalue weighted by Crippen LogP contribution is -2.30. The molecular weight excluding hydrogens is 252 g/mol. The smallest absolute Gasteiger partial charge is 0.119 e. The average molecular weight is 280 g/mol. The second-order valence-corrected chi connectivity index (χ2v) is 5.42. The highest BCUT2D eigenvalue weighted by atomic mass is 16.5. The first-order valence-electron chi connectivity index (χ1n) is 7.27. The lowest BCUT2D eigenvalue weighted by atomic mass is 10.1. The number of nitrogens with zero attached hydrogens (tertiary/aromatic N) is 1. The van der Waals surface area contributed by atoms with Crippen LogP contribution in [0.5, 0.6) is 5.75 Å². The minimum Gasteiger partial charge on any atom is -0.497 e. The summed E-state index contributed by atoms with van der Waals surface area (Å²) in [5, 5.41) is 13.4. The van der Waals surface area contributed by atoms with E-state index in [2.05, 4.69) is 31.1 Å². The maximum Gasteiger partial charge on any atom is 0.119 e. The van der Waals surface area contributed by atoms with E-state index in [1.54, 1.807) is 7.11 Å². The molecule has 0 saturated carbocycles. The van der Waals surface area contributed by atoms with Gasteiger partial charge in [-0.25, -0.2) is 0 Å². The number of nitrogens with one attached hydrogen (secondary N) is 1. The average Bonchev–Trinajstić information content (AvgIpc) is 2.46. The van der Waals surface area contributed by atoms with E-state index in [-0.39, 0.29) is 0 Å². The Hall–Kier alpha value is -1.10. The van der Waals surface area contributed by atoms with Crippen LogP contribution < -0.4 is 10.1 Å². The second kappa shape index (κ2) is 8.95. The van der Waals surface area contributed by atoms with Gasteiger partial charge in [0.25, 0.3) is 0 Å². The van der Waals surface area contributed by atoms with Gasteiger partial charge >= 0.3 is 0 Å². The van der Waals surface area contributed by atoms with Crippen LogP contribution in [0.15, 0.2) is 24.3 Å². The number of hydrogen-bond donors (Lipinski definition) is 2. The van der Waals surface area contributed by atoms with Gasteiger partial charge in [-0.3, -0.25) is 0 Å². The van der Waals surface area contributed by atoms with Crippen LogP contribution in [0.3, 0.4) is 0 Å². The van der Waals surface area contributed by atoms with E-state index in [0.717, 1.165) is 30.8 Å². The van der Waals surface area contributed by atoms with Crippen molar-refractivity contribution in [2.45, 2.75) is 32.4 Å². The van der Waals surface area contributed by atoms with Crippen molar-refractivity contribution in [3.63, 3.8) is 0 Å². The van der Waals surface area contributed by atoms with Gasteiger partial charge in [0.05, 0.1) is 13.2 Å². The zero-order valence-electron chi connectivity index (χ0n) is 13.1. The van der Waals surface area contributed by atoms with Crippen LogP contribution >= 0.6 is 0 Å². The monoisotopic (exact) mass is 280 g/mol. The number of benzene rings is 1. The molecular formula is C16H28N2O2. The molecule has 0 amide bonds. The third-order valence-electron chi connectivity index (χ3n) is 3.56. The molecule has 0 fully saturated rings. The van der Waals surface area contributed by atoms with Crippen molar-refractivity contribution in [1.82, 2.24) is 10.2 Å². The predicted molar refractivity (Wildman–Crippen MR) is 83.2 cm³/mol. The molecule has 2 N–H and O–H groups in total. The molecule has 0 saturated heterocycles. The van der Waals surface area contributed by atoms with Crippen LogP contribution in [0.4, 0.5) is 0 Å². The number of hydrogen-bond acceptors (Lipinski definition) is 4. The summed E-state index contributed by atoms with van der Waals surface area (Å²) in [5.41, 5.74) is 0.885. The summed E-state index contributed by atoms with van der Waals surface area (Å²) in [6.45, 7) is 6.94. The summed E-state index contributed by atoms with van der Waals surface area (Å²) in [5.74, 6) is 0.778. The lowest BCUT2D eigenvalue weighted by molar-refractivity contribution is 0.173. The summed E-state index contributed by atoms with van der Waals surface area (Å²) in [4.78, 5) is 2.32.